The van der Waals surface area contributed by atoms with Gasteiger partial charge < -0.3 is 10.2 Å². The lowest BCUT2D eigenvalue weighted by molar-refractivity contribution is 0.0650. The van der Waals surface area contributed by atoms with Crippen LogP contribution in [0.1, 0.15) is 51.4 Å². The lowest BCUT2D eigenvalue weighted by Gasteiger charge is -2.30. The van der Waals surface area contributed by atoms with Gasteiger partial charge in [-0.05, 0) is 18.8 Å². The molecule has 1 fully saturated rings. The first kappa shape index (κ1) is 16.7. The zero-order chi connectivity index (χ0) is 16.1. The molecule has 0 unspecified atom stereocenters. The molecule has 0 bridgehead atoms. The minimum atomic E-state index is -2.64. The molecule has 2 rings (SSSR count). The summed E-state index contributed by atoms with van der Waals surface area (Å²) in [5.74, 6) is 0.852. The van der Waals surface area contributed by atoms with Crippen LogP contribution in [0.3, 0.4) is 0 Å². The molecule has 0 aliphatic heterocycles. The summed E-state index contributed by atoms with van der Waals surface area (Å²) < 4.78 is 26.3. The van der Waals surface area contributed by atoms with Crippen molar-refractivity contribution in [2.45, 2.75) is 58.2 Å². The number of imidazole rings is 1. The summed E-state index contributed by atoms with van der Waals surface area (Å²) in [5.41, 5.74) is 0. The van der Waals surface area contributed by atoms with Crippen LogP contribution in [0, 0.1) is 5.92 Å². The monoisotopic (exact) mass is 314 g/mol. The van der Waals surface area contributed by atoms with Gasteiger partial charge in [-0.2, -0.15) is 8.78 Å². The summed E-state index contributed by atoms with van der Waals surface area (Å²) in [6, 6.07) is -0.0472. The van der Waals surface area contributed by atoms with Gasteiger partial charge in [-0.1, -0.05) is 26.2 Å². The molecule has 1 aliphatic carbocycles. The normalized spacial score (nSPS) is 21.9. The van der Waals surface area contributed by atoms with Crippen molar-refractivity contribution >= 4 is 6.03 Å². The van der Waals surface area contributed by atoms with Crippen molar-refractivity contribution in [1.29, 1.82) is 0 Å². The molecule has 0 radical (unpaired) electrons. The van der Waals surface area contributed by atoms with Crippen molar-refractivity contribution in [1.82, 2.24) is 19.8 Å². The number of hydrogen-bond donors (Lipinski definition) is 1. The number of aromatic nitrogens is 2. The Morgan fingerprint density at radius 2 is 2.32 bits per heavy atom. The standard InChI is InChI=1S/C15H24F2N4O/c1-3-11-5-4-6-12(9-11)19-15(22)20(2)10-13-18-7-8-21(13)14(16)17/h7-8,11-12,14H,3-6,9-10H2,1-2H3,(H,19,22)/t11-,12-/m0/s1. The van der Waals surface area contributed by atoms with Crippen LogP contribution >= 0.6 is 0 Å². The number of hydrogen-bond acceptors (Lipinski definition) is 2. The highest BCUT2D eigenvalue weighted by Crippen LogP contribution is 2.26. The second-order valence-electron chi connectivity index (χ2n) is 5.97. The van der Waals surface area contributed by atoms with Gasteiger partial charge in [0.25, 0.3) is 0 Å². The van der Waals surface area contributed by atoms with Gasteiger partial charge in [-0.3, -0.25) is 4.57 Å². The highest BCUT2D eigenvalue weighted by molar-refractivity contribution is 5.74. The molecular formula is C15H24F2N4O. The quantitative estimate of drug-likeness (QED) is 0.905. The molecule has 0 spiro atoms. The number of urea groups is 1. The molecule has 7 heteroatoms. The third-order valence-electron chi connectivity index (χ3n) is 4.37. The first-order valence-electron chi connectivity index (χ1n) is 7.82. The van der Waals surface area contributed by atoms with Gasteiger partial charge in [0.05, 0.1) is 6.54 Å². The minimum Gasteiger partial charge on any atom is -0.335 e. The third-order valence-corrected chi connectivity index (χ3v) is 4.37. The molecule has 1 aliphatic rings. The second-order valence-corrected chi connectivity index (χ2v) is 5.97. The fraction of sp³-hybridized carbons (Fsp3) is 0.733. The van der Waals surface area contributed by atoms with Crippen molar-refractivity contribution in [2.24, 2.45) is 5.92 Å². The Balaban J connectivity index is 1.88. The SMILES string of the molecule is CC[C@H]1CCC[C@H](NC(=O)N(C)Cc2nccn2C(F)F)C1. The lowest BCUT2D eigenvalue weighted by atomic mass is 9.84. The number of rotatable bonds is 5. The van der Waals surface area contributed by atoms with Crippen LogP contribution in [0.2, 0.25) is 0 Å². The molecule has 124 valence electrons. The van der Waals surface area contributed by atoms with Crippen LogP contribution in [-0.4, -0.2) is 33.6 Å². The van der Waals surface area contributed by atoms with Gasteiger partial charge in [-0.25, -0.2) is 9.78 Å². The number of carbonyl (C=O) groups is 1. The summed E-state index contributed by atoms with van der Waals surface area (Å²) in [7, 11) is 1.60. The van der Waals surface area contributed by atoms with Gasteiger partial charge in [-0.15, -0.1) is 0 Å². The smallest absolute Gasteiger partial charge is 0.319 e. The topological polar surface area (TPSA) is 50.2 Å². The molecule has 1 aromatic heterocycles. The molecule has 0 saturated heterocycles. The predicted octanol–water partition coefficient (Wildman–Crippen LogP) is 3.39. The van der Waals surface area contributed by atoms with E-state index in [9.17, 15) is 13.6 Å². The number of halogens is 2. The van der Waals surface area contributed by atoms with Crippen molar-refractivity contribution in [3.8, 4) is 0 Å². The molecule has 5 nitrogen and oxygen atoms in total. The Morgan fingerprint density at radius 1 is 1.55 bits per heavy atom. The first-order valence-corrected chi connectivity index (χ1v) is 7.82. The highest BCUT2D eigenvalue weighted by Gasteiger charge is 2.24. The maximum atomic E-state index is 12.8. The van der Waals surface area contributed by atoms with E-state index in [0.717, 1.165) is 30.3 Å². The second kappa shape index (κ2) is 7.56. The molecule has 1 heterocycles. The molecular weight excluding hydrogens is 290 g/mol. The van der Waals surface area contributed by atoms with E-state index in [1.807, 2.05) is 0 Å². The zero-order valence-corrected chi connectivity index (χ0v) is 13.1. The summed E-state index contributed by atoms with van der Waals surface area (Å²) in [5, 5.41) is 3.01. The summed E-state index contributed by atoms with van der Waals surface area (Å²) in [6.45, 7) is -0.407. The van der Waals surface area contributed by atoms with E-state index >= 15 is 0 Å². The van der Waals surface area contributed by atoms with E-state index in [1.54, 1.807) is 7.05 Å². The van der Waals surface area contributed by atoms with E-state index in [2.05, 4.69) is 17.2 Å². The van der Waals surface area contributed by atoms with Gasteiger partial charge in [0.2, 0.25) is 0 Å². The number of nitrogens with zero attached hydrogens (tertiary/aromatic N) is 3. The largest absolute Gasteiger partial charge is 0.335 e. The van der Waals surface area contributed by atoms with Gasteiger partial charge in [0.1, 0.15) is 5.82 Å². The van der Waals surface area contributed by atoms with E-state index in [4.69, 9.17) is 0 Å². The summed E-state index contributed by atoms with van der Waals surface area (Å²) >= 11 is 0. The fourth-order valence-electron chi connectivity index (χ4n) is 3.01. The van der Waals surface area contributed by atoms with Crippen molar-refractivity contribution in [3.05, 3.63) is 18.2 Å². The van der Waals surface area contributed by atoms with Crippen molar-refractivity contribution < 1.29 is 13.6 Å². The van der Waals surface area contributed by atoms with Crippen LogP contribution in [0.4, 0.5) is 13.6 Å². The number of amides is 2. The Kier molecular flexibility index (Phi) is 5.74. The Labute approximate surface area is 129 Å². The fourth-order valence-corrected chi connectivity index (χ4v) is 3.01. The predicted molar refractivity (Wildman–Crippen MR) is 79.5 cm³/mol. The van der Waals surface area contributed by atoms with Crippen LogP contribution in [0.15, 0.2) is 12.4 Å². The van der Waals surface area contributed by atoms with Crippen LogP contribution < -0.4 is 5.32 Å². The maximum Gasteiger partial charge on any atom is 0.319 e. The maximum absolute atomic E-state index is 12.8. The molecule has 1 aromatic rings. The van der Waals surface area contributed by atoms with E-state index in [-0.39, 0.29) is 24.4 Å². The number of nitrogens with one attached hydrogen (secondary N) is 1. The average molecular weight is 314 g/mol. The number of alkyl halides is 2. The van der Waals surface area contributed by atoms with E-state index in [0.29, 0.717) is 5.92 Å². The Bertz CT molecular complexity index is 492. The number of carbonyl (C=O) groups excluding carboxylic acids is 1. The molecule has 0 aromatic carbocycles. The first-order chi connectivity index (χ1) is 10.5. The third kappa shape index (κ3) is 4.18. The van der Waals surface area contributed by atoms with Gasteiger partial charge >= 0.3 is 12.6 Å². The minimum absolute atomic E-state index is 0.0626. The highest BCUT2D eigenvalue weighted by atomic mass is 19.3. The summed E-state index contributed by atoms with van der Waals surface area (Å²) in [4.78, 5) is 17.5. The molecule has 22 heavy (non-hydrogen) atoms. The van der Waals surface area contributed by atoms with E-state index in [1.165, 1.54) is 23.7 Å². The van der Waals surface area contributed by atoms with Gasteiger partial charge in [0, 0.05) is 25.5 Å². The van der Waals surface area contributed by atoms with Crippen molar-refractivity contribution in [2.75, 3.05) is 7.05 Å². The van der Waals surface area contributed by atoms with E-state index < -0.39 is 6.55 Å². The zero-order valence-electron chi connectivity index (χ0n) is 13.1. The van der Waals surface area contributed by atoms with Gasteiger partial charge in [0.15, 0.2) is 0 Å². The van der Waals surface area contributed by atoms with Crippen LogP contribution in [0.5, 0.6) is 0 Å². The van der Waals surface area contributed by atoms with Crippen LogP contribution in [0.25, 0.3) is 0 Å². The lowest BCUT2D eigenvalue weighted by Crippen LogP contribution is -2.44. The Hall–Kier alpha value is -1.66. The average Bonchev–Trinajstić information content (AvgIpc) is 2.95. The van der Waals surface area contributed by atoms with Crippen LogP contribution in [-0.2, 0) is 6.54 Å². The Morgan fingerprint density at radius 3 is 3.00 bits per heavy atom. The summed E-state index contributed by atoms with van der Waals surface area (Å²) in [6.07, 6.45) is 8.02. The van der Waals surface area contributed by atoms with Crippen molar-refractivity contribution in [3.63, 3.8) is 0 Å². The molecule has 1 saturated carbocycles. The molecule has 1 N–H and O–H groups in total. The molecule has 2 atom stereocenters. The molecule has 2 amide bonds.